The highest BCUT2D eigenvalue weighted by Gasteiger charge is 2.22. The highest BCUT2D eigenvalue weighted by Crippen LogP contribution is 2.17. The number of Topliss-reactive ketones (excluding diaryl/α,β-unsaturated/α-hetero) is 1. The lowest BCUT2D eigenvalue weighted by atomic mass is 10.0. The molecule has 0 aliphatic rings. The van der Waals surface area contributed by atoms with Gasteiger partial charge in [0.1, 0.15) is 5.57 Å². The lowest BCUT2D eigenvalue weighted by Crippen LogP contribution is -2.17. The third kappa shape index (κ3) is 3.44. The molecule has 2 aromatic carbocycles. The lowest BCUT2D eigenvalue weighted by molar-refractivity contribution is -0.137. The van der Waals surface area contributed by atoms with Crippen LogP contribution in [0.15, 0.2) is 60.2 Å². The Bertz CT molecular complexity index is 1020. The number of hydrogen-bond donors (Lipinski definition) is 1. The normalized spacial score (nSPS) is 11.5. The van der Waals surface area contributed by atoms with Crippen LogP contribution in [0.5, 0.6) is 0 Å². The molecule has 0 atom stereocenters. The van der Waals surface area contributed by atoms with Crippen LogP contribution < -0.4 is 0 Å². The molecule has 6 heteroatoms. The number of aromatic nitrogens is 2. The summed E-state index contributed by atoms with van der Waals surface area (Å²) in [5.74, 6) is -1.09. The number of H-pyrrole nitrogens is 1. The van der Waals surface area contributed by atoms with Gasteiger partial charge in [-0.25, -0.2) is 4.79 Å². The van der Waals surface area contributed by atoms with E-state index in [0.717, 1.165) is 11.0 Å². The number of benzene rings is 2. The van der Waals surface area contributed by atoms with E-state index in [-0.39, 0.29) is 12.2 Å². The standard InChI is InChI=1S/C19H16N2O3S/c1-2-24-18(23)14(17(22)13-8-4-3-5-9-13)12-21-16-11-7-6-10-15(16)20-19(21)25/h3-12H,2H2,1H3,(H,20,25)/b14-12+. The number of fused-ring (bicyclic) bond motifs is 1. The third-order valence-electron chi connectivity index (χ3n) is 3.66. The number of aromatic amines is 1. The fourth-order valence-corrected chi connectivity index (χ4v) is 2.75. The molecular formula is C19H16N2O3S. The van der Waals surface area contributed by atoms with Crippen LogP contribution in [0.1, 0.15) is 17.3 Å². The molecule has 0 aliphatic carbocycles. The zero-order chi connectivity index (χ0) is 17.8. The molecule has 3 rings (SSSR count). The molecule has 1 aromatic heterocycles. The Morgan fingerprint density at radius 1 is 1.12 bits per heavy atom. The van der Waals surface area contributed by atoms with E-state index in [9.17, 15) is 9.59 Å². The summed E-state index contributed by atoms with van der Waals surface area (Å²) >= 11 is 5.33. The minimum Gasteiger partial charge on any atom is -0.462 e. The summed E-state index contributed by atoms with van der Waals surface area (Å²) in [7, 11) is 0. The topological polar surface area (TPSA) is 64.1 Å². The molecular weight excluding hydrogens is 336 g/mol. The van der Waals surface area contributed by atoms with E-state index < -0.39 is 11.8 Å². The number of imidazole rings is 1. The van der Waals surface area contributed by atoms with Crippen LogP contribution in [0.2, 0.25) is 0 Å². The van der Waals surface area contributed by atoms with Crippen molar-refractivity contribution in [3.8, 4) is 0 Å². The zero-order valence-corrected chi connectivity index (χ0v) is 14.4. The fraction of sp³-hybridized carbons (Fsp3) is 0.105. The van der Waals surface area contributed by atoms with Crippen LogP contribution in [0.3, 0.4) is 0 Å². The van der Waals surface area contributed by atoms with Crippen molar-refractivity contribution >= 4 is 41.2 Å². The van der Waals surface area contributed by atoms with Crippen molar-refractivity contribution < 1.29 is 14.3 Å². The van der Waals surface area contributed by atoms with Crippen molar-refractivity contribution in [2.24, 2.45) is 0 Å². The predicted octanol–water partition coefficient (Wildman–Crippen LogP) is 3.99. The number of nitrogens with one attached hydrogen (secondary N) is 1. The van der Waals surface area contributed by atoms with Gasteiger partial charge in [-0.15, -0.1) is 0 Å². The van der Waals surface area contributed by atoms with Crippen LogP contribution in [0.4, 0.5) is 0 Å². The summed E-state index contributed by atoms with van der Waals surface area (Å²) < 4.78 is 7.06. The highest BCUT2D eigenvalue weighted by molar-refractivity contribution is 7.71. The van der Waals surface area contributed by atoms with Crippen LogP contribution in [-0.4, -0.2) is 27.9 Å². The second-order valence-electron chi connectivity index (χ2n) is 5.28. The minimum absolute atomic E-state index is 0.0751. The van der Waals surface area contributed by atoms with Crippen molar-refractivity contribution in [1.29, 1.82) is 0 Å². The monoisotopic (exact) mass is 352 g/mol. The van der Waals surface area contributed by atoms with Gasteiger partial charge < -0.3 is 9.72 Å². The number of carbonyl (C=O) groups is 2. The molecule has 1 N–H and O–H groups in total. The van der Waals surface area contributed by atoms with E-state index in [1.807, 2.05) is 24.3 Å². The summed E-state index contributed by atoms with van der Waals surface area (Å²) in [4.78, 5) is 28.2. The van der Waals surface area contributed by atoms with Crippen LogP contribution >= 0.6 is 12.2 Å². The Balaban J connectivity index is 2.15. The van der Waals surface area contributed by atoms with Gasteiger partial charge >= 0.3 is 5.97 Å². The molecule has 5 nitrogen and oxygen atoms in total. The van der Waals surface area contributed by atoms with Crippen molar-refractivity contribution in [3.63, 3.8) is 0 Å². The molecule has 0 amide bonds. The van der Waals surface area contributed by atoms with Gasteiger partial charge in [0.2, 0.25) is 5.78 Å². The van der Waals surface area contributed by atoms with E-state index in [4.69, 9.17) is 17.0 Å². The number of hydrogen-bond acceptors (Lipinski definition) is 4. The first kappa shape index (κ1) is 16.9. The van der Waals surface area contributed by atoms with Gasteiger partial charge in [-0.3, -0.25) is 9.36 Å². The third-order valence-corrected chi connectivity index (χ3v) is 3.96. The minimum atomic E-state index is -0.677. The Kier molecular flexibility index (Phi) is 4.90. The Morgan fingerprint density at radius 3 is 2.52 bits per heavy atom. The van der Waals surface area contributed by atoms with Crippen LogP contribution in [0.25, 0.3) is 17.2 Å². The van der Waals surface area contributed by atoms with Crippen molar-refractivity contribution in [1.82, 2.24) is 9.55 Å². The average Bonchev–Trinajstić information content (AvgIpc) is 2.95. The maximum atomic E-state index is 12.8. The Morgan fingerprint density at radius 2 is 1.80 bits per heavy atom. The number of rotatable bonds is 5. The van der Waals surface area contributed by atoms with Crippen LogP contribution in [-0.2, 0) is 9.53 Å². The first-order chi connectivity index (χ1) is 12.1. The maximum absolute atomic E-state index is 12.8. The number of esters is 1. The zero-order valence-electron chi connectivity index (χ0n) is 13.6. The molecule has 0 radical (unpaired) electrons. The summed E-state index contributed by atoms with van der Waals surface area (Å²) in [6, 6.07) is 16.1. The van der Waals surface area contributed by atoms with Gasteiger partial charge in [0, 0.05) is 11.8 Å². The molecule has 0 saturated heterocycles. The molecule has 0 bridgehead atoms. The number of ketones is 1. The van der Waals surface area contributed by atoms with Gasteiger partial charge in [0.25, 0.3) is 0 Å². The predicted molar refractivity (Wildman–Crippen MR) is 98.8 cm³/mol. The highest BCUT2D eigenvalue weighted by atomic mass is 32.1. The fourth-order valence-electron chi connectivity index (χ4n) is 2.49. The molecule has 126 valence electrons. The van der Waals surface area contributed by atoms with E-state index in [2.05, 4.69) is 4.98 Å². The molecule has 25 heavy (non-hydrogen) atoms. The van der Waals surface area contributed by atoms with Crippen LogP contribution in [0, 0.1) is 4.77 Å². The first-order valence-corrected chi connectivity index (χ1v) is 8.20. The SMILES string of the molecule is CCOC(=O)/C(=C/n1c(=S)[nH]c2ccccc21)C(=O)c1ccccc1. The Labute approximate surface area is 149 Å². The van der Waals surface area contributed by atoms with Gasteiger partial charge in [0.05, 0.1) is 17.6 Å². The molecule has 1 heterocycles. The largest absolute Gasteiger partial charge is 0.462 e. The second kappa shape index (κ2) is 7.27. The summed E-state index contributed by atoms with van der Waals surface area (Å²) in [5.41, 5.74) is 1.93. The molecule has 0 spiro atoms. The maximum Gasteiger partial charge on any atom is 0.343 e. The van der Waals surface area contributed by atoms with Gasteiger partial charge in [0.15, 0.2) is 4.77 Å². The second-order valence-corrected chi connectivity index (χ2v) is 5.66. The summed E-state index contributed by atoms with van der Waals surface area (Å²) in [6.45, 7) is 1.87. The molecule has 0 fully saturated rings. The summed E-state index contributed by atoms with van der Waals surface area (Å²) in [5, 5.41) is 0. The van der Waals surface area contributed by atoms with Gasteiger partial charge in [-0.05, 0) is 31.3 Å². The molecule has 0 unspecified atom stereocenters. The smallest absolute Gasteiger partial charge is 0.343 e. The van der Waals surface area contributed by atoms with E-state index >= 15 is 0 Å². The number of para-hydroxylation sites is 2. The molecule has 3 aromatic rings. The average molecular weight is 352 g/mol. The van der Waals surface area contributed by atoms with E-state index in [0.29, 0.717) is 10.3 Å². The van der Waals surface area contributed by atoms with Crippen molar-refractivity contribution in [2.75, 3.05) is 6.61 Å². The lowest BCUT2D eigenvalue weighted by Gasteiger charge is -2.07. The number of ether oxygens (including phenoxy) is 1. The van der Waals surface area contributed by atoms with Gasteiger partial charge in [-0.2, -0.15) is 0 Å². The Hall–Kier alpha value is -2.99. The molecule has 0 aliphatic heterocycles. The van der Waals surface area contributed by atoms with Gasteiger partial charge in [-0.1, -0.05) is 42.5 Å². The number of carbonyl (C=O) groups excluding carboxylic acids is 2. The molecule has 0 saturated carbocycles. The number of nitrogens with zero attached hydrogens (tertiary/aromatic N) is 1. The van der Waals surface area contributed by atoms with Crippen molar-refractivity contribution in [2.45, 2.75) is 6.92 Å². The first-order valence-electron chi connectivity index (χ1n) is 7.79. The van der Waals surface area contributed by atoms with E-state index in [1.165, 1.54) is 6.20 Å². The quantitative estimate of drug-likeness (QED) is 0.188. The van der Waals surface area contributed by atoms with Crippen molar-refractivity contribution in [3.05, 3.63) is 70.5 Å². The summed E-state index contributed by atoms with van der Waals surface area (Å²) in [6.07, 6.45) is 1.44. The van der Waals surface area contributed by atoms with E-state index in [1.54, 1.807) is 41.8 Å².